The zero-order valence-electron chi connectivity index (χ0n) is 13.0. The lowest BCUT2D eigenvalue weighted by Crippen LogP contribution is -2.42. The van der Waals surface area contributed by atoms with Crippen LogP contribution in [0.3, 0.4) is 0 Å². The number of carbonyl (C=O) groups excluding carboxylic acids is 1. The van der Waals surface area contributed by atoms with E-state index in [0.29, 0.717) is 23.6 Å². The number of carbonyl (C=O) groups is 1. The molecule has 1 aliphatic rings. The number of rotatable bonds is 5. The van der Waals surface area contributed by atoms with Gasteiger partial charge in [0, 0.05) is 12.6 Å². The lowest BCUT2D eigenvalue weighted by molar-refractivity contribution is 0.0929. The molecule has 1 aliphatic carbocycles. The van der Waals surface area contributed by atoms with Crippen molar-refractivity contribution in [1.29, 1.82) is 0 Å². The van der Waals surface area contributed by atoms with Crippen LogP contribution in [0.4, 0.5) is 8.78 Å². The summed E-state index contributed by atoms with van der Waals surface area (Å²) >= 11 is 0. The van der Waals surface area contributed by atoms with Crippen LogP contribution in [0.2, 0.25) is 0 Å². The highest BCUT2D eigenvalue weighted by Crippen LogP contribution is 2.32. The monoisotopic (exact) mass is 352 g/mol. The molecular weight excluding hydrogens is 334 g/mol. The quantitative estimate of drug-likeness (QED) is 0.865. The number of halogens is 3. The van der Waals surface area contributed by atoms with Crippen LogP contribution in [0.15, 0.2) is 42.5 Å². The van der Waals surface area contributed by atoms with E-state index < -0.39 is 11.7 Å². The van der Waals surface area contributed by atoms with Crippen molar-refractivity contribution in [2.75, 3.05) is 6.54 Å². The van der Waals surface area contributed by atoms with E-state index in [-0.39, 0.29) is 29.8 Å². The minimum Gasteiger partial charge on any atom is -0.348 e. The van der Waals surface area contributed by atoms with Gasteiger partial charge in [0.05, 0.1) is 5.56 Å². The molecule has 1 fully saturated rings. The Morgan fingerprint density at radius 3 is 2.29 bits per heavy atom. The molecule has 24 heavy (non-hydrogen) atoms. The fraction of sp³-hybridized carbons (Fsp3) is 0.278. The molecule has 1 amide bonds. The Bertz CT molecular complexity index is 717. The molecule has 0 aliphatic heterocycles. The van der Waals surface area contributed by atoms with E-state index in [9.17, 15) is 13.6 Å². The molecule has 2 aromatic rings. The van der Waals surface area contributed by atoms with E-state index >= 15 is 0 Å². The van der Waals surface area contributed by atoms with Crippen molar-refractivity contribution in [3.63, 3.8) is 0 Å². The number of amides is 1. The largest absolute Gasteiger partial charge is 0.348 e. The zero-order chi connectivity index (χ0) is 16.4. The predicted octanol–water partition coefficient (Wildman–Crippen LogP) is 3.52. The topological polar surface area (TPSA) is 55.1 Å². The third-order valence-electron chi connectivity index (χ3n) is 4.15. The molecule has 2 aromatic carbocycles. The Morgan fingerprint density at radius 1 is 1.12 bits per heavy atom. The normalized spacial score (nSPS) is 14.6. The van der Waals surface area contributed by atoms with Crippen molar-refractivity contribution in [2.24, 2.45) is 11.7 Å². The van der Waals surface area contributed by atoms with Crippen LogP contribution in [-0.4, -0.2) is 18.5 Å². The Labute approximate surface area is 145 Å². The molecule has 1 atom stereocenters. The summed E-state index contributed by atoms with van der Waals surface area (Å²) in [6.07, 6.45) is 2.10. The van der Waals surface area contributed by atoms with E-state index in [4.69, 9.17) is 5.73 Å². The Morgan fingerprint density at radius 2 is 1.75 bits per heavy atom. The standard InChI is InChI=1S/C18H18F2N2O.ClH/c19-14-6-3-11(4-7-14)13-5-8-15(16(20)9-13)18(23)22-17(10-21)12-1-2-12;/h3-9,12,17H,1-2,10,21H2,(H,22,23);1H. The lowest BCUT2D eigenvalue weighted by Gasteiger charge is -2.16. The van der Waals surface area contributed by atoms with Crippen molar-refractivity contribution < 1.29 is 13.6 Å². The molecule has 128 valence electrons. The van der Waals surface area contributed by atoms with Gasteiger partial charge in [-0.3, -0.25) is 4.79 Å². The molecule has 0 bridgehead atoms. The second kappa shape index (κ2) is 7.73. The van der Waals surface area contributed by atoms with Crippen molar-refractivity contribution in [3.8, 4) is 11.1 Å². The van der Waals surface area contributed by atoms with Gasteiger partial charge in [-0.1, -0.05) is 18.2 Å². The molecule has 3 rings (SSSR count). The number of benzene rings is 2. The Balaban J connectivity index is 0.00000208. The predicted molar refractivity (Wildman–Crippen MR) is 92.1 cm³/mol. The molecule has 0 aromatic heterocycles. The van der Waals surface area contributed by atoms with E-state index in [1.807, 2.05) is 0 Å². The minimum atomic E-state index is -0.601. The van der Waals surface area contributed by atoms with Gasteiger partial charge in [0.2, 0.25) is 0 Å². The van der Waals surface area contributed by atoms with Crippen molar-refractivity contribution in [1.82, 2.24) is 5.32 Å². The summed E-state index contributed by atoms with van der Waals surface area (Å²) in [6, 6.07) is 10.1. The van der Waals surface area contributed by atoms with E-state index in [1.165, 1.54) is 24.3 Å². The highest BCUT2D eigenvalue weighted by Gasteiger charge is 2.31. The average Bonchev–Trinajstić information content (AvgIpc) is 3.37. The second-order valence-electron chi connectivity index (χ2n) is 5.85. The SMILES string of the molecule is Cl.NCC(NC(=O)c1ccc(-c2ccc(F)cc2)cc1F)C1CC1. The first-order valence-corrected chi connectivity index (χ1v) is 7.65. The first kappa shape index (κ1) is 18.4. The first-order chi connectivity index (χ1) is 11.1. The molecule has 0 spiro atoms. The maximum Gasteiger partial charge on any atom is 0.254 e. The zero-order valence-corrected chi connectivity index (χ0v) is 13.8. The molecule has 3 N–H and O–H groups in total. The van der Waals surface area contributed by atoms with Crippen LogP contribution in [-0.2, 0) is 0 Å². The van der Waals surface area contributed by atoms with Gasteiger partial charge in [-0.05, 0) is 54.2 Å². The molecular formula is C18H19ClF2N2O. The van der Waals surface area contributed by atoms with Crippen molar-refractivity contribution >= 4 is 18.3 Å². The number of hydrogen-bond acceptors (Lipinski definition) is 2. The fourth-order valence-corrected chi connectivity index (χ4v) is 2.64. The average molecular weight is 353 g/mol. The highest BCUT2D eigenvalue weighted by atomic mass is 35.5. The summed E-state index contributed by atoms with van der Waals surface area (Å²) in [6.45, 7) is 0.353. The highest BCUT2D eigenvalue weighted by molar-refractivity contribution is 5.95. The van der Waals surface area contributed by atoms with Gasteiger partial charge in [-0.15, -0.1) is 12.4 Å². The summed E-state index contributed by atoms with van der Waals surface area (Å²) < 4.78 is 27.2. The maximum absolute atomic E-state index is 14.3. The van der Waals surface area contributed by atoms with Crippen LogP contribution in [0, 0.1) is 17.6 Å². The molecule has 0 saturated heterocycles. The van der Waals surface area contributed by atoms with Crippen LogP contribution < -0.4 is 11.1 Å². The Kier molecular flexibility index (Phi) is 5.91. The molecule has 1 unspecified atom stereocenters. The molecule has 6 heteroatoms. The van der Waals surface area contributed by atoms with Crippen molar-refractivity contribution in [2.45, 2.75) is 18.9 Å². The summed E-state index contributed by atoms with van der Waals surface area (Å²) in [7, 11) is 0. The van der Waals surface area contributed by atoms with Gasteiger partial charge in [0.25, 0.3) is 5.91 Å². The third kappa shape index (κ3) is 4.10. The van der Waals surface area contributed by atoms with E-state index in [2.05, 4.69) is 5.32 Å². The van der Waals surface area contributed by atoms with Gasteiger partial charge in [-0.25, -0.2) is 8.78 Å². The van der Waals surface area contributed by atoms with Crippen LogP contribution in [0.25, 0.3) is 11.1 Å². The Hall–Kier alpha value is -1.98. The van der Waals surface area contributed by atoms with Gasteiger partial charge in [0.1, 0.15) is 11.6 Å². The van der Waals surface area contributed by atoms with Crippen LogP contribution >= 0.6 is 12.4 Å². The molecule has 0 radical (unpaired) electrons. The number of nitrogens with one attached hydrogen (secondary N) is 1. The summed E-state index contributed by atoms with van der Waals surface area (Å²) in [5, 5.41) is 2.80. The fourth-order valence-electron chi connectivity index (χ4n) is 2.64. The van der Waals surface area contributed by atoms with Gasteiger partial charge in [-0.2, -0.15) is 0 Å². The van der Waals surface area contributed by atoms with Crippen LogP contribution in [0.1, 0.15) is 23.2 Å². The van der Waals surface area contributed by atoms with Gasteiger partial charge >= 0.3 is 0 Å². The molecule has 1 saturated carbocycles. The molecule has 0 heterocycles. The summed E-state index contributed by atoms with van der Waals surface area (Å²) in [5.74, 6) is -0.991. The number of hydrogen-bond donors (Lipinski definition) is 2. The summed E-state index contributed by atoms with van der Waals surface area (Å²) in [4.78, 5) is 12.2. The molecule has 3 nitrogen and oxygen atoms in total. The minimum absolute atomic E-state index is 0. The maximum atomic E-state index is 14.3. The van der Waals surface area contributed by atoms with Gasteiger partial charge in [0.15, 0.2) is 0 Å². The third-order valence-corrected chi connectivity index (χ3v) is 4.15. The smallest absolute Gasteiger partial charge is 0.254 e. The lowest BCUT2D eigenvalue weighted by atomic mass is 10.0. The van der Waals surface area contributed by atoms with Crippen LogP contribution in [0.5, 0.6) is 0 Å². The second-order valence-corrected chi connectivity index (χ2v) is 5.85. The van der Waals surface area contributed by atoms with Crippen molar-refractivity contribution in [3.05, 3.63) is 59.7 Å². The van der Waals surface area contributed by atoms with E-state index in [1.54, 1.807) is 18.2 Å². The van der Waals surface area contributed by atoms with Gasteiger partial charge < -0.3 is 11.1 Å². The summed E-state index contributed by atoms with van der Waals surface area (Å²) in [5.41, 5.74) is 6.93. The van der Waals surface area contributed by atoms with E-state index in [0.717, 1.165) is 12.8 Å². The number of nitrogens with two attached hydrogens (primary N) is 1. The first-order valence-electron chi connectivity index (χ1n) is 7.65.